The van der Waals surface area contributed by atoms with Gasteiger partial charge in [0.25, 0.3) is 0 Å². The minimum atomic E-state index is -0.120. The van der Waals surface area contributed by atoms with Gasteiger partial charge in [0, 0.05) is 12.6 Å². The van der Waals surface area contributed by atoms with Crippen molar-refractivity contribution in [2.45, 2.75) is 39.2 Å². The molecule has 1 aromatic rings. The Balaban J connectivity index is 1.94. The smallest absolute Gasteiger partial charge is 0.123 e. The molecule has 0 aliphatic heterocycles. The molecule has 0 bridgehead atoms. The van der Waals surface area contributed by atoms with Crippen molar-refractivity contribution >= 4 is 0 Å². The molecule has 1 saturated carbocycles. The van der Waals surface area contributed by atoms with E-state index >= 15 is 0 Å². The summed E-state index contributed by atoms with van der Waals surface area (Å²) < 4.78 is 13.1. The van der Waals surface area contributed by atoms with Gasteiger partial charge >= 0.3 is 0 Å². The second kappa shape index (κ2) is 4.54. The van der Waals surface area contributed by atoms with Crippen LogP contribution in [0, 0.1) is 11.2 Å². The highest BCUT2D eigenvalue weighted by Gasteiger charge is 2.42. The summed E-state index contributed by atoms with van der Waals surface area (Å²) in [6.45, 7) is 5.39. The van der Waals surface area contributed by atoms with E-state index in [9.17, 15) is 4.39 Å². The number of rotatable bonds is 5. The maximum absolute atomic E-state index is 13.1. The molecular weight excluding hydrogens is 201 g/mol. The molecule has 0 saturated heterocycles. The van der Waals surface area contributed by atoms with Crippen molar-refractivity contribution in [2.24, 2.45) is 5.41 Å². The third-order valence-corrected chi connectivity index (χ3v) is 3.31. The average Bonchev–Trinajstić information content (AvgIpc) is 2.96. The molecule has 0 amide bonds. The van der Waals surface area contributed by atoms with Gasteiger partial charge in [-0.2, -0.15) is 0 Å². The molecule has 0 spiro atoms. The Morgan fingerprint density at radius 3 is 2.69 bits per heavy atom. The lowest BCUT2D eigenvalue weighted by Crippen LogP contribution is -2.30. The number of hydrogen-bond acceptors (Lipinski definition) is 1. The molecule has 0 heterocycles. The Morgan fingerprint density at radius 1 is 1.38 bits per heavy atom. The number of halogens is 1. The highest BCUT2D eigenvalue weighted by atomic mass is 19.1. The van der Waals surface area contributed by atoms with Crippen LogP contribution in [-0.2, 0) is 6.42 Å². The molecule has 1 aliphatic carbocycles. The summed E-state index contributed by atoms with van der Waals surface area (Å²) in [6.07, 6.45) is 3.54. The van der Waals surface area contributed by atoms with E-state index in [1.54, 1.807) is 12.1 Å². The van der Waals surface area contributed by atoms with E-state index < -0.39 is 0 Å². The van der Waals surface area contributed by atoms with Crippen LogP contribution < -0.4 is 5.32 Å². The normalized spacial score (nSPS) is 17.8. The van der Waals surface area contributed by atoms with E-state index in [2.05, 4.69) is 19.2 Å². The fraction of sp³-hybridized carbons (Fsp3) is 0.571. The zero-order valence-corrected chi connectivity index (χ0v) is 10.1. The van der Waals surface area contributed by atoms with E-state index in [1.165, 1.54) is 18.9 Å². The first kappa shape index (κ1) is 11.6. The van der Waals surface area contributed by atoms with Gasteiger partial charge in [-0.05, 0) is 42.4 Å². The van der Waals surface area contributed by atoms with Crippen molar-refractivity contribution in [1.82, 2.24) is 5.32 Å². The van der Waals surface area contributed by atoms with Crippen LogP contribution in [0.15, 0.2) is 24.3 Å². The van der Waals surface area contributed by atoms with E-state index in [0.29, 0.717) is 11.5 Å². The molecule has 0 aromatic heterocycles. The van der Waals surface area contributed by atoms with Crippen LogP contribution in [0.3, 0.4) is 0 Å². The molecule has 1 aliphatic rings. The SMILES string of the molecule is CC(C)NCC1(Cc2cccc(F)c2)CC1. The molecule has 88 valence electrons. The Morgan fingerprint density at radius 2 is 2.12 bits per heavy atom. The lowest BCUT2D eigenvalue weighted by Gasteiger charge is -2.18. The number of hydrogen-bond donors (Lipinski definition) is 1. The number of benzene rings is 1. The fourth-order valence-corrected chi connectivity index (χ4v) is 2.09. The van der Waals surface area contributed by atoms with Crippen LogP contribution in [0.5, 0.6) is 0 Å². The minimum absolute atomic E-state index is 0.120. The van der Waals surface area contributed by atoms with Gasteiger partial charge in [-0.25, -0.2) is 4.39 Å². The largest absolute Gasteiger partial charge is 0.314 e. The summed E-state index contributed by atoms with van der Waals surface area (Å²) in [5.41, 5.74) is 1.53. The standard InChI is InChI=1S/C14H20FN/c1-11(2)16-10-14(6-7-14)9-12-4-3-5-13(15)8-12/h3-5,8,11,16H,6-7,9-10H2,1-2H3. The Kier molecular flexibility index (Phi) is 3.29. The summed E-state index contributed by atoms with van der Waals surface area (Å²) >= 11 is 0. The molecule has 16 heavy (non-hydrogen) atoms. The van der Waals surface area contributed by atoms with Crippen LogP contribution in [0.4, 0.5) is 4.39 Å². The lowest BCUT2D eigenvalue weighted by molar-refractivity contribution is 0.429. The van der Waals surface area contributed by atoms with Crippen molar-refractivity contribution < 1.29 is 4.39 Å². The Labute approximate surface area is 97.1 Å². The molecule has 0 radical (unpaired) electrons. The van der Waals surface area contributed by atoms with Gasteiger partial charge in [-0.15, -0.1) is 0 Å². The summed E-state index contributed by atoms with van der Waals surface area (Å²) in [7, 11) is 0. The predicted octanol–water partition coefficient (Wildman–Crippen LogP) is 3.15. The first-order valence-electron chi connectivity index (χ1n) is 6.08. The van der Waals surface area contributed by atoms with Gasteiger partial charge in [-0.1, -0.05) is 26.0 Å². The molecular formula is C14H20FN. The molecule has 2 rings (SSSR count). The molecule has 2 heteroatoms. The zero-order chi connectivity index (χ0) is 11.6. The van der Waals surface area contributed by atoms with Gasteiger partial charge in [-0.3, -0.25) is 0 Å². The average molecular weight is 221 g/mol. The summed E-state index contributed by atoms with van der Waals surface area (Å²) in [4.78, 5) is 0. The van der Waals surface area contributed by atoms with Gasteiger partial charge in [0.15, 0.2) is 0 Å². The van der Waals surface area contributed by atoms with E-state index in [4.69, 9.17) is 0 Å². The van der Waals surface area contributed by atoms with Crippen molar-refractivity contribution in [3.8, 4) is 0 Å². The third kappa shape index (κ3) is 3.05. The fourth-order valence-electron chi connectivity index (χ4n) is 2.09. The Hall–Kier alpha value is -0.890. The van der Waals surface area contributed by atoms with E-state index in [0.717, 1.165) is 18.5 Å². The quantitative estimate of drug-likeness (QED) is 0.805. The maximum atomic E-state index is 13.1. The van der Waals surface area contributed by atoms with Crippen LogP contribution in [0.1, 0.15) is 32.3 Å². The summed E-state index contributed by atoms with van der Waals surface area (Å²) in [5.74, 6) is -0.120. The first-order valence-corrected chi connectivity index (χ1v) is 6.08. The second-order valence-electron chi connectivity index (χ2n) is 5.34. The van der Waals surface area contributed by atoms with Crippen molar-refractivity contribution in [3.63, 3.8) is 0 Å². The van der Waals surface area contributed by atoms with Crippen LogP contribution in [-0.4, -0.2) is 12.6 Å². The molecule has 1 N–H and O–H groups in total. The first-order chi connectivity index (χ1) is 7.60. The Bertz CT molecular complexity index is 356. The molecule has 1 aromatic carbocycles. The highest BCUT2D eigenvalue weighted by molar-refractivity contribution is 5.20. The van der Waals surface area contributed by atoms with Crippen molar-refractivity contribution in [3.05, 3.63) is 35.6 Å². The maximum Gasteiger partial charge on any atom is 0.123 e. The van der Waals surface area contributed by atoms with Gasteiger partial charge in [0.2, 0.25) is 0 Å². The van der Waals surface area contributed by atoms with Crippen LogP contribution >= 0.6 is 0 Å². The van der Waals surface area contributed by atoms with E-state index in [1.807, 2.05) is 6.07 Å². The lowest BCUT2D eigenvalue weighted by atomic mass is 9.96. The highest BCUT2D eigenvalue weighted by Crippen LogP contribution is 2.47. The zero-order valence-electron chi connectivity index (χ0n) is 10.1. The predicted molar refractivity (Wildman–Crippen MR) is 64.9 cm³/mol. The van der Waals surface area contributed by atoms with Crippen LogP contribution in [0.2, 0.25) is 0 Å². The van der Waals surface area contributed by atoms with Crippen LogP contribution in [0.25, 0.3) is 0 Å². The molecule has 1 fully saturated rings. The van der Waals surface area contributed by atoms with Gasteiger partial charge in [0.1, 0.15) is 5.82 Å². The van der Waals surface area contributed by atoms with Gasteiger partial charge in [0.05, 0.1) is 0 Å². The van der Waals surface area contributed by atoms with Gasteiger partial charge < -0.3 is 5.32 Å². The molecule has 1 nitrogen and oxygen atoms in total. The molecule has 0 unspecified atom stereocenters. The monoisotopic (exact) mass is 221 g/mol. The summed E-state index contributed by atoms with van der Waals surface area (Å²) in [6, 6.07) is 7.53. The topological polar surface area (TPSA) is 12.0 Å². The summed E-state index contributed by atoms with van der Waals surface area (Å²) in [5, 5.41) is 3.49. The van der Waals surface area contributed by atoms with Crippen molar-refractivity contribution in [1.29, 1.82) is 0 Å². The minimum Gasteiger partial charge on any atom is -0.314 e. The van der Waals surface area contributed by atoms with E-state index in [-0.39, 0.29) is 5.82 Å². The second-order valence-corrected chi connectivity index (χ2v) is 5.34. The molecule has 0 atom stereocenters. The van der Waals surface area contributed by atoms with Crippen molar-refractivity contribution in [2.75, 3.05) is 6.54 Å². The third-order valence-electron chi connectivity index (χ3n) is 3.31. The number of nitrogens with one attached hydrogen (secondary N) is 1.